The maximum atomic E-state index is 12.0. The van der Waals surface area contributed by atoms with Crippen molar-refractivity contribution in [2.45, 2.75) is 77.6 Å². The van der Waals surface area contributed by atoms with Gasteiger partial charge in [-0.1, -0.05) is 32.6 Å². The molecule has 4 nitrogen and oxygen atoms in total. The second-order valence-corrected chi connectivity index (χ2v) is 7.72. The lowest BCUT2D eigenvalue weighted by atomic mass is 9.73. The first-order chi connectivity index (χ1) is 12.6. The Hall–Kier alpha value is -1.84. The van der Waals surface area contributed by atoms with Gasteiger partial charge >= 0.3 is 5.97 Å². The smallest absolute Gasteiger partial charge is 0.308 e. The Labute approximate surface area is 156 Å². The first kappa shape index (κ1) is 18.9. The largest absolute Gasteiger partial charge is 0.493 e. The van der Waals surface area contributed by atoms with E-state index in [1.165, 1.54) is 32.6 Å². The third-order valence-electron chi connectivity index (χ3n) is 5.62. The Bertz CT molecular complexity index is 664. The number of ether oxygens (including phenoxy) is 2. The van der Waals surface area contributed by atoms with Gasteiger partial charge in [0.15, 0.2) is 0 Å². The van der Waals surface area contributed by atoms with Gasteiger partial charge in [-0.15, -0.1) is 0 Å². The summed E-state index contributed by atoms with van der Waals surface area (Å²) < 4.78 is 11.6. The highest BCUT2D eigenvalue weighted by atomic mass is 16.5. The lowest BCUT2D eigenvalue weighted by molar-refractivity contribution is -0.132. The number of esters is 1. The molecule has 1 saturated carbocycles. The van der Waals surface area contributed by atoms with Crippen LogP contribution in [-0.2, 0) is 16.0 Å². The van der Waals surface area contributed by atoms with Gasteiger partial charge in [0.1, 0.15) is 17.3 Å². The summed E-state index contributed by atoms with van der Waals surface area (Å²) in [5, 5.41) is 0. The molecule has 0 saturated heterocycles. The second-order valence-electron chi connectivity index (χ2n) is 7.72. The van der Waals surface area contributed by atoms with Crippen LogP contribution in [0, 0.1) is 5.92 Å². The van der Waals surface area contributed by atoms with Crippen molar-refractivity contribution in [3.63, 3.8) is 0 Å². The molecule has 142 valence electrons. The van der Waals surface area contributed by atoms with Crippen molar-refractivity contribution >= 4 is 11.8 Å². The van der Waals surface area contributed by atoms with E-state index in [1.54, 1.807) is 0 Å². The third-order valence-corrected chi connectivity index (χ3v) is 5.62. The minimum Gasteiger partial charge on any atom is -0.493 e. The van der Waals surface area contributed by atoms with E-state index in [0.717, 1.165) is 36.1 Å². The number of benzene rings is 1. The summed E-state index contributed by atoms with van der Waals surface area (Å²) in [6.07, 6.45) is 9.12. The van der Waals surface area contributed by atoms with Gasteiger partial charge in [-0.25, -0.2) is 0 Å². The lowest BCUT2D eigenvalue weighted by Crippen LogP contribution is -2.32. The number of aryl methyl sites for hydroxylation is 1. The molecule has 2 aliphatic rings. The van der Waals surface area contributed by atoms with Crippen LogP contribution in [0.1, 0.15) is 82.3 Å². The summed E-state index contributed by atoms with van der Waals surface area (Å²) in [5.74, 6) is 1.85. The highest BCUT2D eigenvalue weighted by molar-refractivity contribution is 5.81. The van der Waals surface area contributed by atoms with Gasteiger partial charge < -0.3 is 9.47 Å². The molecule has 1 fully saturated rings. The topological polar surface area (TPSA) is 52.6 Å². The van der Waals surface area contributed by atoms with Crippen LogP contribution in [0.15, 0.2) is 12.1 Å². The van der Waals surface area contributed by atoms with Crippen LogP contribution in [0.4, 0.5) is 0 Å². The van der Waals surface area contributed by atoms with Gasteiger partial charge in [0.25, 0.3) is 0 Å². The molecule has 1 aliphatic carbocycles. The fourth-order valence-electron chi connectivity index (χ4n) is 4.25. The van der Waals surface area contributed by atoms with E-state index < -0.39 is 0 Å². The molecule has 1 aliphatic heterocycles. The van der Waals surface area contributed by atoms with Gasteiger partial charge in [0.2, 0.25) is 0 Å². The number of carbonyl (C=O) groups excluding carboxylic acids is 2. The third kappa shape index (κ3) is 4.46. The van der Waals surface area contributed by atoms with Crippen LogP contribution in [0.25, 0.3) is 0 Å². The van der Waals surface area contributed by atoms with Crippen molar-refractivity contribution < 1.29 is 19.1 Å². The number of unbranched alkanes of at least 4 members (excludes halogenated alkanes) is 4. The van der Waals surface area contributed by atoms with Gasteiger partial charge in [-0.2, -0.15) is 0 Å². The van der Waals surface area contributed by atoms with Gasteiger partial charge in [-0.3, -0.25) is 9.59 Å². The lowest BCUT2D eigenvalue weighted by Gasteiger charge is -2.37. The van der Waals surface area contributed by atoms with Crippen molar-refractivity contribution in [3.8, 4) is 11.5 Å². The number of hydrogen-bond donors (Lipinski definition) is 0. The van der Waals surface area contributed by atoms with Gasteiger partial charge in [0.05, 0.1) is 6.61 Å². The van der Waals surface area contributed by atoms with Gasteiger partial charge in [-0.05, 0) is 37.0 Å². The number of carbonyl (C=O) groups is 2. The number of fused-ring (bicyclic) bond motifs is 3. The molecule has 0 radical (unpaired) electrons. The number of ketones is 1. The molecule has 0 aromatic heterocycles. The van der Waals surface area contributed by atoms with E-state index in [1.807, 2.05) is 6.07 Å². The van der Waals surface area contributed by atoms with E-state index >= 15 is 0 Å². The predicted octanol–water partition coefficient (Wildman–Crippen LogP) is 4.97. The molecule has 0 amide bonds. The highest BCUT2D eigenvalue weighted by Crippen LogP contribution is 2.48. The van der Waals surface area contributed by atoms with E-state index in [4.69, 9.17) is 9.47 Å². The first-order valence-corrected chi connectivity index (χ1v) is 10.1. The molecule has 1 heterocycles. The van der Waals surface area contributed by atoms with Crippen LogP contribution < -0.4 is 9.47 Å². The molecule has 0 N–H and O–H groups in total. The van der Waals surface area contributed by atoms with E-state index in [9.17, 15) is 9.59 Å². The molecular weight excluding hydrogens is 328 g/mol. The fraction of sp³-hybridized carbons (Fsp3) is 0.636. The van der Waals surface area contributed by atoms with E-state index in [0.29, 0.717) is 36.9 Å². The average molecular weight is 358 g/mol. The molecule has 4 heteroatoms. The van der Waals surface area contributed by atoms with Crippen LogP contribution in [0.3, 0.4) is 0 Å². The van der Waals surface area contributed by atoms with Crippen molar-refractivity contribution in [2.75, 3.05) is 6.61 Å². The normalized spacial score (nSPS) is 21.5. The minimum atomic E-state index is -0.323. The van der Waals surface area contributed by atoms with Gasteiger partial charge in [0, 0.05) is 37.2 Å². The Morgan fingerprint density at radius 1 is 1.23 bits per heavy atom. The summed E-state index contributed by atoms with van der Waals surface area (Å²) in [6, 6.07) is 4.09. The van der Waals surface area contributed by atoms with Crippen LogP contribution in [0.5, 0.6) is 11.5 Å². The zero-order chi connectivity index (χ0) is 18.5. The standard InChI is InChI=1S/C22H30O4/c1-3-4-5-6-7-8-16-11-20-22(21(12-16)26-15(2)23)19-13-18(24)10-9-17(19)14-25-20/h11-12,17,19H,3-10,13-14H2,1-2H3. The van der Waals surface area contributed by atoms with E-state index in [2.05, 4.69) is 13.0 Å². The molecule has 2 atom stereocenters. The molecular formula is C22H30O4. The van der Waals surface area contributed by atoms with Crippen molar-refractivity contribution in [1.29, 1.82) is 0 Å². The Balaban J connectivity index is 1.83. The Kier molecular flexibility index (Phi) is 6.33. The maximum Gasteiger partial charge on any atom is 0.308 e. The van der Waals surface area contributed by atoms with Crippen molar-refractivity contribution in [1.82, 2.24) is 0 Å². The van der Waals surface area contributed by atoms with Crippen LogP contribution in [-0.4, -0.2) is 18.4 Å². The number of hydrogen-bond acceptors (Lipinski definition) is 4. The molecule has 1 aromatic rings. The molecule has 26 heavy (non-hydrogen) atoms. The zero-order valence-corrected chi connectivity index (χ0v) is 16.0. The average Bonchev–Trinajstić information content (AvgIpc) is 2.60. The predicted molar refractivity (Wildman–Crippen MR) is 101 cm³/mol. The maximum absolute atomic E-state index is 12.0. The Morgan fingerprint density at radius 3 is 2.81 bits per heavy atom. The molecule has 0 spiro atoms. The number of Topliss-reactive ketones (excluding diaryl/α,β-unsaturated/α-hetero) is 1. The van der Waals surface area contributed by atoms with Crippen molar-refractivity contribution in [2.24, 2.45) is 5.92 Å². The quantitative estimate of drug-likeness (QED) is 0.392. The summed E-state index contributed by atoms with van der Waals surface area (Å²) in [4.78, 5) is 23.6. The fourth-order valence-corrected chi connectivity index (χ4v) is 4.25. The minimum absolute atomic E-state index is 0.118. The summed E-state index contributed by atoms with van der Waals surface area (Å²) in [6.45, 7) is 4.30. The molecule has 1 aromatic carbocycles. The zero-order valence-electron chi connectivity index (χ0n) is 16.0. The second kappa shape index (κ2) is 8.70. The van der Waals surface area contributed by atoms with Crippen LogP contribution in [0.2, 0.25) is 0 Å². The molecule has 3 rings (SSSR count). The first-order valence-electron chi connectivity index (χ1n) is 10.1. The Morgan fingerprint density at radius 2 is 2.04 bits per heavy atom. The highest BCUT2D eigenvalue weighted by Gasteiger charge is 2.38. The molecule has 0 bridgehead atoms. The molecule has 2 unspecified atom stereocenters. The summed E-state index contributed by atoms with van der Waals surface area (Å²) in [7, 11) is 0. The summed E-state index contributed by atoms with van der Waals surface area (Å²) in [5.41, 5.74) is 2.08. The van der Waals surface area contributed by atoms with Crippen LogP contribution >= 0.6 is 0 Å². The SMILES string of the molecule is CCCCCCCc1cc2c(c(OC(C)=O)c1)C1CC(=O)CCC1CO2. The van der Waals surface area contributed by atoms with Crippen molar-refractivity contribution in [3.05, 3.63) is 23.3 Å². The number of rotatable bonds is 7. The monoisotopic (exact) mass is 358 g/mol. The summed E-state index contributed by atoms with van der Waals surface area (Å²) >= 11 is 0. The van der Waals surface area contributed by atoms with E-state index in [-0.39, 0.29) is 11.9 Å².